The molecule has 0 aromatic carbocycles. The molecular formula is C19H27N7O2. The molecule has 0 aliphatic carbocycles. The topological polar surface area (TPSA) is 105 Å². The van der Waals surface area contributed by atoms with Crippen LogP contribution in [0.3, 0.4) is 0 Å². The van der Waals surface area contributed by atoms with Crippen molar-refractivity contribution in [2.24, 2.45) is 5.41 Å². The lowest BCUT2D eigenvalue weighted by molar-refractivity contribution is -0.124. The molecule has 1 aliphatic heterocycles. The van der Waals surface area contributed by atoms with Gasteiger partial charge in [0.15, 0.2) is 5.69 Å². The zero-order chi connectivity index (χ0) is 20.5. The van der Waals surface area contributed by atoms with Crippen LogP contribution in [-0.4, -0.2) is 62.9 Å². The van der Waals surface area contributed by atoms with Crippen LogP contribution >= 0.6 is 0 Å². The summed E-state index contributed by atoms with van der Waals surface area (Å²) >= 11 is 0. The third-order valence-electron chi connectivity index (χ3n) is 4.88. The number of hydrogen-bond donors (Lipinski definition) is 2. The summed E-state index contributed by atoms with van der Waals surface area (Å²) in [5, 5.41) is 5.50. The zero-order valence-corrected chi connectivity index (χ0v) is 17.0. The number of likely N-dealkylation sites (N-methyl/N-ethyl adjacent to an activating group) is 2. The molecule has 2 amide bonds. The highest BCUT2D eigenvalue weighted by molar-refractivity contribution is 5.97. The molecule has 0 saturated carbocycles. The van der Waals surface area contributed by atoms with Gasteiger partial charge in [0.25, 0.3) is 5.91 Å². The van der Waals surface area contributed by atoms with E-state index in [2.05, 4.69) is 30.5 Å². The molecular weight excluding hydrogens is 358 g/mol. The maximum atomic E-state index is 13.1. The van der Waals surface area contributed by atoms with E-state index in [9.17, 15) is 9.59 Å². The van der Waals surface area contributed by atoms with Crippen molar-refractivity contribution >= 4 is 11.8 Å². The van der Waals surface area contributed by atoms with Crippen LogP contribution in [0.1, 0.15) is 37.0 Å². The van der Waals surface area contributed by atoms with Crippen LogP contribution < -0.4 is 10.6 Å². The number of carbonyl (C=O) groups excluding carboxylic acids is 2. The molecule has 2 aromatic rings. The van der Waals surface area contributed by atoms with Crippen molar-refractivity contribution in [2.45, 2.75) is 39.9 Å². The maximum absolute atomic E-state index is 13.1. The number of nitrogens with zero attached hydrogens (tertiary/aromatic N) is 5. The largest absolute Gasteiger partial charge is 0.357 e. The van der Waals surface area contributed by atoms with Gasteiger partial charge in [-0.2, -0.15) is 0 Å². The van der Waals surface area contributed by atoms with E-state index in [4.69, 9.17) is 0 Å². The number of carbonyl (C=O) groups is 2. The van der Waals surface area contributed by atoms with E-state index in [1.807, 2.05) is 32.4 Å². The molecule has 0 saturated heterocycles. The van der Waals surface area contributed by atoms with Crippen LogP contribution in [0.25, 0.3) is 11.4 Å². The smallest absolute Gasteiger partial charge is 0.272 e. The van der Waals surface area contributed by atoms with Crippen molar-refractivity contribution < 1.29 is 9.59 Å². The van der Waals surface area contributed by atoms with Gasteiger partial charge in [-0.3, -0.25) is 14.5 Å². The summed E-state index contributed by atoms with van der Waals surface area (Å²) < 4.78 is 2.04. The minimum absolute atomic E-state index is 0.234. The van der Waals surface area contributed by atoms with Crippen LogP contribution in [0.15, 0.2) is 18.7 Å². The first kappa shape index (κ1) is 19.9. The van der Waals surface area contributed by atoms with Gasteiger partial charge >= 0.3 is 0 Å². The molecule has 150 valence electrons. The van der Waals surface area contributed by atoms with Gasteiger partial charge in [0.2, 0.25) is 5.91 Å². The molecule has 9 heteroatoms. The van der Waals surface area contributed by atoms with Gasteiger partial charge in [-0.25, -0.2) is 15.0 Å². The molecule has 1 atom stereocenters. The lowest BCUT2D eigenvalue weighted by Gasteiger charge is -2.30. The minimum atomic E-state index is -0.674. The second-order valence-corrected chi connectivity index (χ2v) is 8.13. The highest BCUT2D eigenvalue weighted by Gasteiger charge is 2.35. The Kier molecular flexibility index (Phi) is 5.46. The molecule has 1 aliphatic rings. The fourth-order valence-corrected chi connectivity index (χ4v) is 3.33. The normalized spacial score (nSPS) is 15.6. The van der Waals surface area contributed by atoms with E-state index in [-0.39, 0.29) is 11.8 Å². The van der Waals surface area contributed by atoms with Crippen LogP contribution in [0.2, 0.25) is 0 Å². The molecule has 0 unspecified atom stereocenters. The molecule has 9 nitrogen and oxygen atoms in total. The van der Waals surface area contributed by atoms with E-state index in [1.165, 1.54) is 6.33 Å². The van der Waals surface area contributed by atoms with Gasteiger partial charge in [-0.15, -0.1) is 0 Å². The average Bonchev–Trinajstić information content (AvgIpc) is 3.03. The van der Waals surface area contributed by atoms with E-state index in [0.717, 1.165) is 17.8 Å². The van der Waals surface area contributed by atoms with Gasteiger partial charge in [0.05, 0.1) is 11.3 Å². The number of nitrogens with one attached hydrogen (secondary N) is 2. The number of amides is 2. The number of imidazole rings is 1. The van der Waals surface area contributed by atoms with Crippen LogP contribution in [-0.2, 0) is 17.9 Å². The third kappa shape index (κ3) is 3.89. The minimum Gasteiger partial charge on any atom is -0.357 e. The van der Waals surface area contributed by atoms with Crippen LogP contribution in [0.4, 0.5) is 0 Å². The fourth-order valence-electron chi connectivity index (χ4n) is 3.33. The lowest BCUT2D eigenvalue weighted by atomic mass is 9.86. The summed E-state index contributed by atoms with van der Waals surface area (Å²) in [6.45, 7) is 7.91. The first-order valence-electron chi connectivity index (χ1n) is 9.28. The number of fused-ring (bicyclic) bond motifs is 1. The van der Waals surface area contributed by atoms with Gasteiger partial charge in [-0.05, 0) is 12.5 Å². The number of hydrogen-bond acceptors (Lipinski definition) is 6. The number of rotatable bonds is 4. The second-order valence-electron chi connectivity index (χ2n) is 8.13. The lowest BCUT2D eigenvalue weighted by Crippen LogP contribution is -2.53. The average molecular weight is 385 g/mol. The summed E-state index contributed by atoms with van der Waals surface area (Å²) in [7, 11) is 3.57. The van der Waals surface area contributed by atoms with Crippen molar-refractivity contribution in [1.29, 1.82) is 0 Å². The predicted molar refractivity (Wildman–Crippen MR) is 104 cm³/mol. The van der Waals surface area contributed by atoms with E-state index >= 15 is 0 Å². The highest BCUT2D eigenvalue weighted by atomic mass is 16.2. The van der Waals surface area contributed by atoms with Crippen LogP contribution in [0.5, 0.6) is 0 Å². The van der Waals surface area contributed by atoms with E-state index in [1.54, 1.807) is 19.4 Å². The molecule has 2 aromatic heterocycles. The Morgan fingerprint density at radius 1 is 1.18 bits per heavy atom. The molecule has 0 radical (unpaired) electrons. The van der Waals surface area contributed by atoms with Crippen molar-refractivity contribution in [1.82, 2.24) is 35.1 Å². The van der Waals surface area contributed by atoms with Crippen LogP contribution in [0, 0.1) is 5.41 Å². The Balaban J connectivity index is 2.00. The SMILES string of the molecule is CNC(=O)[C@@H](NC(=O)c1nc(-c2cncnc2)n2c1CN(C)CC2)C(C)(C)C. The Bertz CT molecular complexity index is 870. The predicted octanol–water partition coefficient (Wildman–Crippen LogP) is 0.676. The quantitative estimate of drug-likeness (QED) is 0.802. The van der Waals surface area contributed by atoms with Gasteiger partial charge in [0, 0.05) is 39.1 Å². The first-order chi connectivity index (χ1) is 13.2. The molecule has 28 heavy (non-hydrogen) atoms. The van der Waals surface area contributed by atoms with Gasteiger partial charge < -0.3 is 15.2 Å². The number of aromatic nitrogens is 4. The van der Waals surface area contributed by atoms with E-state index in [0.29, 0.717) is 24.6 Å². The molecule has 0 fully saturated rings. The van der Waals surface area contributed by atoms with Gasteiger partial charge in [0.1, 0.15) is 18.2 Å². The standard InChI is InChI=1S/C19H27N7O2/c1-19(2,3)15(18(28)20-4)24-17(27)14-13-10-25(5)6-7-26(13)16(23-14)12-8-21-11-22-9-12/h8-9,11,15H,6-7,10H2,1-5H3,(H,20,28)(H,24,27)/t15-/m1/s1. The van der Waals surface area contributed by atoms with E-state index < -0.39 is 11.5 Å². The second kappa shape index (κ2) is 7.67. The van der Waals surface area contributed by atoms with Crippen molar-refractivity contribution in [2.75, 3.05) is 20.6 Å². The third-order valence-corrected chi connectivity index (χ3v) is 4.88. The molecule has 0 bridgehead atoms. The highest BCUT2D eigenvalue weighted by Crippen LogP contribution is 2.26. The van der Waals surface area contributed by atoms with Crippen molar-refractivity contribution in [3.8, 4) is 11.4 Å². The summed E-state index contributed by atoms with van der Waals surface area (Å²) in [6, 6.07) is -0.674. The zero-order valence-electron chi connectivity index (χ0n) is 17.0. The molecule has 3 rings (SSSR count). The molecule has 2 N–H and O–H groups in total. The molecule has 3 heterocycles. The van der Waals surface area contributed by atoms with Crippen molar-refractivity contribution in [3.05, 3.63) is 30.1 Å². The Morgan fingerprint density at radius 2 is 1.86 bits per heavy atom. The summed E-state index contributed by atoms with van der Waals surface area (Å²) in [4.78, 5) is 40.3. The Hall–Kier alpha value is -2.81. The summed E-state index contributed by atoms with van der Waals surface area (Å²) in [5.74, 6) is 0.0782. The summed E-state index contributed by atoms with van der Waals surface area (Å²) in [5.41, 5.74) is 1.48. The maximum Gasteiger partial charge on any atom is 0.272 e. The first-order valence-corrected chi connectivity index (χ1v) is 9.28. The fraction of sp³-hybridized carbons (Fsp3) is 0.526. The van der Waals surface area contributed by atoms with Crippen molar-refractivity contribution in [3.63, 3.8) is 0 Å². The molecule has 0 spiro atoms. The Labute approximate surface area is 164 Å². The Morgan fingerprint density at radius 3 is 2.46 bits per heavy atom. The summed E-state index contributed by atoms with van der Waals surface area (Å²) in [6.07, 6.45) is 4.83. The monoisotopic (exact) mass is 385 g/mol. The van der Waals surface area contributed by atoms with Gasteiger partial charge in [-0.1, -0.05) is 20.8 Å².